The normalized spacial score (nSPS) is 12.8. The fraction of sp³-hybridized carbons (Fsp3) is 0.357. The lowest BCUT2D eigenvalue weighted by Crippen LogP contribution is -2.28. The molecule has 2 rings (SSSR count). The standard InChI is InChI=1S/C14H19N3/c1-2-3-7-14(17-15)13-10-9-11-6-4-5-8-12(11)16-13/h4-6,8-10,14,17H,2-3,7,15H2,1H3. The van der Waals surface area contributed by atoms with Crippen LogP contribution in [0.1, 0.15) is 37.9 Å². The maximum Gasteiger partial charge on any atom is 0.0706 e. The van der Waals surface area contributed by atoms with Crippen LogP contribution in [0.15, 0.2) is 36.4 Å². The SMILES string of the molecule is CCCCC(NN)c1ccc2ccccc2n1. The minimum atomic E-state index is 0.152. The molecule has 2 aromatic rings. The number of hydrazine groups is 1. The van der Waals surface area contributed by atoms with Crippen LogP contribution >= 0.6 is 0 Å². The summed E-state index contributed by atoms with van der Waals surface area (Å²) in [4.78, 5) is 4.66. The highest BCUT2D eigenvalue weighted by Gasteiger charge is 2.10. The zero-order valence-electron chi connectivity index (χ0n) is 10.2. The van der Waals surface area contributed by atoms with E-state index in [1.807, 2.05) is 18.2 Å². The van der Waals surface area contributed by atoms with E-state index in [1.54, 1.807) is 0 Å². The van der Waals surface area contributed by atoms with E-state index in [4.69, 9.17) is 5.84 Å². The summed E-state index contributed by atoms with van der Waals surface area (Å²) in [5, 5.41) is 1.17. The average molecular weight is 229 g/mol. The molecule has 90 valence electrons. The summed E-state index contributed by atoms with van der Waals surface area (Å²) in [6.07, 6.45) is 3.35. The molecule has 17 heavy (non-hydrogen) atoms. The number of hydrogen-bond acceptors (Lipinski definition) is 3. The molecule has 0 fully saturated rings. The molecular formula is C14H19N3. The van der Waals surface area contributed by atoms with Crippen LogP contribution in [0.3, 0.4) is 0 Å². The van der Waals surface area contributed by atoms with Crippen LogP contribution in [0.5, 0.6) is 0 Å². The first-order chi connectivity index (χ1) is 8.35. The van der Waals surface area contributed by atoms with E-state index < -0.39 is 0 Å². The third-order valence-electron chi connectivity index (χ3n) is 3.02. The van der Waals surface area contributed by atoms with Crippen molar-refractivity contribution >= 4 is 10.9 Å². The Kier molecular flexibility index (Phi) is 4.07. The zero-order chi connectivity index (χ0) is 12.1. The van der Waals surface area contributed by atoms with Gasteiger partial charge in [-0.25, -0.2) is 0 Å². The number of nitrogens with zero attached hydrogens (tertiary/aromatic N) is 1. The Bertz CT molecular complexity index is 482. The molecule has 0 aliphatic carbocycles. The molecule has 1 aromatic carbocycles. The predicted molar refractivity (Wildman–Crippen MR) is 71.3 cm³/mol. The van der Waals surface area contributed by atoms with Crippen molar-refractivity contribution in [1.82, 2.24) is 10.4 Å². The smallest absolute Gasteiger partial charge is 0.0706 e. The van der Waals surface area contributed by atoms with E-state index >= 15 is 0 Å². The highest BCUT2D eigenvalue weighted by Crippen LogP contribution is 2.20. The van der Waals surface area contributed by atoms with Gasteiger partial charge in [-0.05, 0) is 18.6 Å². The molecule has 0 saturated carbocycles. The average Bonchev–Trinajstić information content (AvgIpc) is 2.39. The molecule has 3 heteroatoms. The Labute approximate surface area is 102 Å². The Balaban J connectivity index is 2.27. The first-order valence-electron chi connectivity index (χ1n) is 6.17. The summed E-state index contributed by atoms with van der Waals surface area (Å²) in [6.45, 7) is 2.18. The molecule has 1 aromatic heterocycles. The van der Waals surface area contributed by atoms with E-state index in [2.05, 4.69) is 35.5 Å². The van der Waals surface area contributed by atoms with Crippen molar-refractivity contribution in [3.63, 3.8) is 0 Å². The van der Waals surface area contributed by atoms with Gasteiger partial charge in [-0.1, -0.05) is 44.0 Å². The molecular weight excluding hydrogens is 210 g/mol. The van der Waals surface area contributed by atoms with E-state index in [0.717, 1.165) is 24.1 Å². The maximum atomic E-state index is 5.60. The van der Waals surface area contributed by atoms with Crippen LogP contribution in [0.25, 0.3) is 10.9 Å². The number of rotatable bonds is 5. The van der Waals surface area contributed by atoms with Crippen molar-refractivity contribution in [2.45, 2.75) is 32.2 Å². The van der Waals surface area contributed by atoms with Gasteiger partial charge in [0.25, 0.3) is 0 Å². The summed E-state index contributed by atoms with van der Waals surface area (Å²) in [7, 11) is 0. The number of hydrogen-bond donors (Lipinski definition) is 2. The molecule has 3 N–H and O–H groups in total. The predicted octanol–water partition coefficient (Wildman–Crippen LogP) is 2.93. The minimum absolute atomic E-state index is 0.152. The van der Waals surface area contributed by atoms with Gasteiger partial charge < -0.3 is 0 Å². The van der Waals surface area contributed by atoms with Crippen LogP contribution in [0.2, 0.25) is 0 Å². The molecule has 3 nitrogen and oxygen atoms in total. The van der Waals surface area contributed by atoms with Crippen LogP contribution in [-0.4, -0.2) is 4.98 Å². The number of para-hydroxylation sites is 1. The first-order valence-corrected chi connectivity index (χ1v) is 6.17. The lowest BCUT2D eigenvalue weighted by molar-refractivity contribution is 0.486. The van der Waals surface area contributed by atoms with Crippen molar-refractivity contribution in [2.24, 2.45) is 5.84 Å². The Morgan fingerprint density at radius 3 is 2.82 bits per heavy atom. The maximum absolute atomic E-state index is 5.60. The lowest BCUT2D eigenvalue weighted by atomic mass is 10.1. The molecule has 1 atom stereocenters. The first kappa shape index (κ1) is 12.0. The number of pyridine rings is 1. The van der Waals surface area contributed by atoms with Crippen LogP contribution in [0.4, 0.5) is 0 Å². The van der Waals surface area contributed by atoms with Crippen LogP contribution < -0.4 is 11.3 Å². The van der Waals surface area contributed by atoms with Gasteiger partial charge in [0.05, 0.1) is 17.3 Å². The van der Waals surface area contributed by atoms with E-state index in [1.165, 1.54) is 11.8 Å². The Hall–Kier alpha value is -1.45. The quantitative estimate of drug-likeness (QED) is 0.612. The van der Waals surface area contributed by atoms with Gasteiger partial charge in [-0.15, -0.1) is 0 Å². The number of aromatic nitrogens is 1. The highest BCUT2D eigenvalue weighted by atomic mass is 15.2. The summed E-state index contributed by atoms with van der Waals surface area (Å²) < 4.78 is 0. The number of nitrogens with one attached hydrogen (secondary N) is 1. The second kappa shape index (κ2) is 5.75. The van der Waals surface area contributed by atoms with Gasteiger partial charge in [-0.2, -0.15) is 0 Å². The summed E-state index contributed by atoms with van der Waals surface area (Å²) >= 11 is 0. The van der Waals surface area contributed by atoms with Crippen molar-refractivity contribution in [3.05, 3.63) is 42.1 Å². The Morgan fingerprint density at radius 2 is 2.06 bits per heavy atom. The van der Waals surface area contributed by atoms with Gasteiger partial charge in [0.1, 0.15) is 0 Å². The molecule has 0 spiro atoms. The molecule has 1 heterocycles. The zero-order valence-corrected chi connectivity index (χ0v) is 10.2. The lowest BCUT2D eigenvalue weighted by Gasteiger charge is -2.15. The highest BCUT2D eigenvalue weighted by molar-refractivity contribution is 5.78. The van der Waals surface area contributed by atoms with Crippen molar-refractivity contribution in [2.75, 3.05) is 0 Å². The summed E-state index contributed by atoms with van der Waals surface area (Å²) in [5.74, 6) is 5.60. The van der Waals surface area contributed by atoms with E-state index in [9.17, 15) is 0 Å². The van der Waals surface area contributed by atoms with Gasteiger partial charge in [0, 0.05) is 5.39 Å². The van der Waals surface area contributed by atoms with Gasteiger partial charge in [0.15, 0.2) is 0 Å². The molecule has 0 radical (unpaired) electrons. The monoisotopic (exact) mass is 229 g/mol. The number of benzene rings is 1. The molecule has 1 unspecified atom stereocenters. The topological polar surface area (TPSA) is 50.9 Å². The number of nitrogens with two attached hydrogens (primary N) is 1. The molecule has 0 aliphatic rings. The molecule has 0 aliphatic heterocycles. The second-order valence-corrected chi connectivity index (χ2v) is 4.29. The van der Waals surface area contributed by atoms with Gasteiger partial charge >= 0.3 is 0 Å². The van der Waals surface area contributed by atoms with Crippen molar-refractivity contribution in [1.29, 1.82) is 0 Å². The third-order valence-corrected chi connectivity index (χ3v) is 3.02. The Morgan fingerprint density at radius 1 is 1.24 bits per heavy atom. The van der Waals surface area contributed by atoms with E-state index in [0.29, 0.717) is 0 Å². The molecule has 0 amide bonds. The van der Waals surface area contributed by atoms with E-state index in [-0.39, 0.29) is 6.04 Å². The van der Waals surface area contributed by atoms with Crippen molar-refractivity contribution in [3.8, 4) is 0 Å². The fourth-order valence-corrected chi connectivity index (χ4v) is 2.00. The number of unbranched alkanes of at least 4 members (excludes halogenated alkanes) is 1. The molecule has 0 saturated heterocycles. The molecule has 0 bridgehead atoms. The van der Waals surface area contributed by atoms with Crippen LogP contribution in [-0.2, 0) is 0 Å². The van der Waals surface area contributed by atoms with Gasteiger partial charge in [-0.3, -0.25) is 16.3 Å². The summed E-state index contributed by atoms with van der Waals surface area (Å²) in [6, 6.07) is 12.5. The van der Waals surface area contributed by atoms with Crippen LogP contribution in [0, 0.1) is 0 Å². The fourth-order valence-electron chi connectivity index (χ4n) is 2.00. The largest absolute Gasteiger partial charge is 0.271 e. The second-order valence-electron chi connectivity index (χ2n) is 4.29. The number of fused-ring (bicyclic) bond motifs is 1. The minimum Gasteiger partial charge on any atom is -0.271 e. The van der Waals surface area contributed by atoms with Gasteiger partial charge in [0.2, 0.25) is 0 Å². The third kappa shape index (κ3) is 2.81. The summed E-state index contributed by atoms with van der Waals surface area (Å²) in [5.41, 5.74) is 4.91. The van der Waals surface area contributed by atoms with Crippen molar-refractivity contribution < 1.29 is 0 Å².